The summed E-state index contributed by atoms with van der Waals surface area (Å²) in [5.74, 6) is 1.84. The summed E-state index contributed by atoms with van der Waals surface area (Å²) in [5.41, 5.74) is 1.50. The lowest BCUT2D eigenvalue weighted by molar-refractivity contribution is 0.509. The van der Waals surface area contributed by atoms with Crippen LogP contribution < -0.4 is 5.32 Å². The van der Waals surface area contributed by atoms with E-state index in [2.05, 4.69) is 36.1 Å². The second-order valence-corrected chi connectivity index (χ2v) is 6.79. The van der Waals surface area contributed by atoms with Crippen molar-refractivity contribution in [3.8, 4) is 0 Å². The molecule has 0 spiro atoms. The Kier molecular flexibility index (Phi) is 4.86. The fourth-order valence-corrected chi connectivity index (χ4v) is 4.07. The molecule has 0 aliphatic heterocycles. The number of anilines is 1. The summed E-state index contributed by atoms with van der Waals surface area (Å²) in [6.45, 7) is 6.74. The maximum absolute atomic E-state index is 4.48. The molecule has 2 aromatic heterocycles. The molecule has 110 valence electrons. The maximum atomic E-state index is 4.48. The molecule has 3 nitrogen and oxygen atoms in total. The van der Waals surface area contributed by atoms with Crippen molar-refractivity contribution in [3.05, 3.63) is 16.8 Å². The fraction of sp³-hybridized carbons (Fsp3) is 0.600. The number of thiophene rings is 1. The van der Waals surface area contributed by atoms with Crippen molar-refractivity contribution in [2.75, 3.05) is 5.32 Å². The Morgan fingerprint density at radius 3 is 3.00 bits per heavy atom. The first-order valence-electron chi connectivity index (χ1n) is 7.20. The minimum Gasteiger partial charge on any atom is -0.367 e. The van der Waals surface area contributed by atoms with E-state index < -0.39 is 0 Å². The van der Waals surface area contributed by atoms with Gasteiger partial charge in [-0.25, -0.2) is 9.97 Å². The Hall–Kier alpha value is -0.870. The molecular weight excluding hydrogens is 290 g/mol. The molecule has 0 radical (unpaired) electrons. The van der Waals surface area contributed by atoms with Gasteiger partial charge < -0.3 is 5.32 Å². The van der Waals surface area contributed by atoms with Crippen LogP contribution in [0.1, 0.15) is 44.1 Å². The Bertz CT molecular complexity index is 596. The highest BCUT2D eigenvalue weighted by Gasteiger charge is 2.23. The third-order valence-corrected chi connectivity index (χ3v) is 5.25. The van der Waals surface area contributed by atoms with E-state index >= 15 is 0 Å². The average molecular weight is 312 g/mol. The Morgan fingerprint density at radius 1 is 1.45 bits per heavy atom. The van der Waals surface area contributed by atoms with Crippen molar-refractivity contribution < 1.29 is 0 Å². The number of halogens is 1. The van der Waals surface area contributed by atoms with E-state index in [9.17, 15) is 0 Å². The smallest absolute Gasteiger partial charge is 0.138 e. The van der Waals surface area contributed by atoms with E-state index in [1.165, 1.54) is 35.1 Å². The second-order valence-electron chi connectivity index (χ2n) is 5.71. The molecule has 1 aliphatic carbocycles. The minimum atomic E-state index is 0. The predicted molar refractivity (Wildman–Crippen MR) is 89.2 cm³/mol. The summed E-state index contributed by atoms with van der Waals surface area (Å²) in [6, 6.07) is 0.455. The van der Waals surface area contributed by atoms with Crippen LogP contribution in [0.3, 0.4) is 0 Å². The molecule has 0 saturated heterocycles. The van der Waals surface area contributed by atoms with Gasteiger partial charge in [0.1, 0.15) is 17.0 Å². The van der Waals surface area contributed by atoms with Crippen LogP contribution in [0.25, 0.3) is 10.2 Å². The molecule has 1 aliphatic rings. The summed E-state index contributed by atoms with van der Waals surface area (Å²) in [7, 11) is 0. The summed E-state index contributed by atoms with van der Waals surface area (Å²) >= 11 is 1.86. The van der Waals surface area contributed by atoms with Crippen molar-refractivity contribution in [2.45, 2.75) is 52.5 Å². The quantitative estimate of drug-likeness (QED) is 0.910. The SMILES string of the molecule is CCC(C)Nc1ncnc2sc3c(c12)CCC(C)C3.Cl. The zero-order chi connectivity index (χ0) is 13.4. The molecule has 3 rings (SSSR count). The molecule has 2 atom stereocenters. The first-order chi connectivity index (χ1) is 9.19. The first kappa shape index (κ1) is 15.5. The third-order valence-electron chi connectivity index (χ3n) is 4.09. The highest BCUT2D eigenvalue weighted by atomic mass is 35.5. The van der Waals surface area contributed by atoms with Crippen LogP contribution in [-0.2, 0) is 12.8 Å². The van der Waals surface area contributed by atoms with Crippen molar-refractivity contribution in [3.63, 3.8) is 0 Å². The zero-order valence-electron chi connectivity index (χ0n) is 12.3. The standard InChI is InChI=1S/C15H21N3S.ClH/c1-4-10(3)18-14-13-11-6-5-9(2)7-12(11)19-15(13)17-8-16-14;/h8-10H,4-7H2,1-3H3,(H,16,17,18);1H. The van der Waals surface area contributed by atoms with E-state index in [0.29, 0.717) is 6.04 Å². The number of aromatic nitrogens is 2. The molecule has 1 N–H and O–H groups in total. The number of aryl methyl sites for hydroxylation is 1. The first-order valence-corrected chi connectivity index (χ1v) is 8.02. The molecular formula is C15H22ClN3S. The van der Waals surface area contributed by atoms with Crippen molar-refractivity contribution in [2.24, 2.45) is 5.92 Å². The molecule has 2 aromatic rings. The summed E-state index contributed by atoms with van der Waals surface area (Å²) < 4.78 is 0. The van der Waals surface area contributed by atoms with Gasteiger partial charge in [-0.3, -0.25) is 0 Å². The number of hydrogen-bond donors (Lipinski definition) is 1. The topological polar surface area (TPSA) is 37.8 Å². The second kappa shape index (κ2) is 6.27. The van der Waals surface area contributed by atoms with E-state index in [1.54, 1.807) is 6.33 Å². The molecule has 0 saturated carbocycles. The fourth-order valence-electron chi connectivity index (χ4n) is 2.72. The lowest BCUT2D eigenvalue weighted by Gasteiger charge is -2.19. The van der Waals surface area contributed by atoms with Gasteiger partial charge in [0, 0.05) is 10.9 Å². The molecule has 5 heteroatoms. The monoisotopic (exact) mass is 311 g/mol. The van der Waals surface area contributed by atoms with Gasteiger partial charge in [0.25, 0.3) is 0 Å². The Balaban J connectivity index is 0.00000147. The lowest BCUT2D eigenvalue weighted by atomic mass is 9.89. The molecule has 2 heterocycles. The number of rotatable bonds is 3. The predicted octanol–water partition coefficient (Wildman–Crippen LogP) is 4.45. The Labute approximate surface area is 130 Å². The third kappa shape index (κ3) is 2.77. The van der Waals surface area contributed by atoms with Gasteiger partial charge in [-0.15, -0.1) is 23.7 Å². The van der Waals surface area contributed by atoms with Gasteiger partial charge in [-0.05, 0) is 44.1 Å². The van der Waals surface area contributed by atoms with Crippen molar-refractivity contribution in [1.29, 1.82) is 0 Å². The highest BCUT2D eigenvalue weighted by Crippen LogP contribution is 2.39. The van der Waals surface area contributed by atoms with Crippen LogP contribution >= 0.6 is 23.7 Å². The normalized spacial score (nSPS) is 19.2. The summed E-state index contributed by atoms with van der Waals surface area (Å²) in [5, 5.41) is 4.82. The van der Waals surface area contributed by atoms with Gasteiger partial charge in [0.2, 0.25) is 0 Å². The molecule has 0 amide bonds. The van der Waals surface area contributed by atoms with Crippen LogP contribution in [0.5, 0.6) is 0 Å². The van der Waals surface area contributed by atoms with Crippen LogP contribution in [0, 0.1) is 5.92 Å². The van der Waals surface area contributed by atoms with E-state index in [-0.39, 0.29) is 12.4 Å². The lowest BCUT2D eigenvalue weighted by Crippen LogP contribution is -2.15. The molecule has 2 unspecified atom stereocenters. The molecule has 0 bridgehead atoms. The van der Waals surface area contributed by atoms with Crippen LogP contribution in [0.2, 0.25) is 0 Å². The zero-order valence-corrected chi connectivity index (χ0v) is 13.9. The number of nitrogens with zero attached hydrogens (tertiary/aromatic N) is 2. The van der Waals surface area contributed by atoms with Crippen LogP contribution in [0.15, 0.2) is 6.33 Å². The Morgan fingerprint density at radius 2 is 2.25 bits per heavy atom. The van der Waals surface area contributed by atoms with Gasteiger partial charge >= 0.3 is 0 Å². The van der Waals surface area contributed by atoms with E-state index in [0.717, 1.165) is 23.0 Å². The highest BCUT2D eigenvalue weighted by molar-refractivity contribution is 7.19. The molecule has 20 heavy (non-hydrogen) atoms. The van der Waals surface area contributed by atoms with Gasteiger partial charge in [0.05, 0.1) is 5.39 Å². The largest absolute Gasteiger partial charge is 0.367 e. The van der Waals surface area contributed by atoms with E-state index in [1.807, 2.05) is 11.3 Å². The molecule has 0 aromatic carbocycles. The van der Waals surface area contributed by atoms with Crippen molar-refractivity contribution >= 4 is 39.8 Å². The van der Waals surface area contributed by atoms with E-state index in [4.69, 9.17) is 0 Å². The average Bonchev–Trinajstić information content (AvgIpc) is 2.76. The van der Waals surface area contributed by atoms with Gasteiger partial charge in [-0.2, -0.15) is 0 Å². The number of fused-ring (bicyclic) bond motifs is 3. The minimum absolute atomic E-state index is 0. The van der Waals surface area contributed by atoms with Crippen molar-refractivity contribution in [1.82, 2.24) is 9.97 Å². The van der Waals surface area contributed by atoms with Crippen LogP contribution in [-0.4, -0.2) is 16.0 Å². The maximum Gasteiger partial charge on any atom is 0.138 e. The van der Waals surface area contributed by atoms with Gasteiger partial charge in [-0.1, -0.05) is 13.8 Å². The van der Waals surface area contributed by atoms with Crippen LogP contribution in [0.4, 0.5) is 5.82 Å². The number of hydrogen-bond acceptors (Lipinski definition) is 4. The molecule has 0 fully saturated rings. The summed E-state index contributed by atoms with van der Waals surface area (Å²) in [6.07, 6.45) is 6.47. The number of nitrogens with one attached hydrogen (secondary N) is 1. The summed E-state index contributed by atoms with van der Waals surface area (Å²) in [4.78, 5) is 11.6. The van der Waals surface area contributed by atoms with Gasteiger partial charge in [0.15, 0.2) is 0 Å².